The van der Waals surface area contributed by atoms with Crippen LogP contribution < -0.4 is 20.7 Å². The molecule has 1 amide bonds. The topological polar surface area (TPSA) is 80.5 Å². The fraction of sp³-hybridized carbons (Fsp3) is 0.556. The number of ether oxygens (including phenoxy) is 1. The van der Waals surface area contributed by atoms with Crippen LogP contribution >= 0.6 is 11.5 Å². The molecule has 16 heavy (non-hydrogen) atoms. The van der Waals surface area contributed by atoms with Crippen molar-refractivity contribution in [3.05, 3.63) is 0 Å². The van der Waals surface area contributed by atoms with Crippen LogP contribution in [0, 0.1) is 0 Å². The Morgan fingerprint density at radius 1 is 1.62 bits per heavy atom. The maximum atomic E-state index is 11.4. The van der Waals surface area contributed by atoms with Crippen molar-refractivity contribution in [1.29, 1.82) is 0 Å². The lowest BCUT2D eigenvalue weighted by Crippen LogP contribution is -2.32. The molecule has 6 nitrogen and oxygen atoms in total. The van der Waals surface area contributed by atoms with Gasteiger partial charge in [0.05, 0.1) is 13.7 Å². The van der Waals surface area contributed by atoms with Crippen molar-refractivity contribution in [3.8, 4) is 5.75 Å². The van der Waals surface area contributed by atoms with Crippen molar-refractivity contribution in [3.63, 3.8) is 0 Å². The van der Waals surface area contributed by atoms with E-state index in [4.69, 9.17) is 10.5 Å². The van der Waals surface area contributed by atoms with Crippen molar-refractivity contribution in [1.82, 2.24) is 9.69 Å². The fourth-order valence-corrected chi connectivity index (χ4v) is 2.47. The van der Waals surface area contributed by atoms with Crippen LogP contribution in [0.25, 0.3) is 0 Å². The monoisotopic (exact) mass is 242 g/mol. The summed E-state index contributed by atoms with van der Waals surface area (Å²) in [5.41, 5.74) is 5.68. The molecule has 7 heteroatoms. The zero-order chi connectivity index (χ0) is 11.5. The number of amides is 1. The van der Waals surface area contributed by atoms with Gasteiger partial charge in [0.15, 0.2) is 16.6 Å². The highest BCUT2D eigenvalue weighted by molar-refractivity contribution is 7.11. The van der Waals surface area contributed by atoms with Gasteiger partial charge in [0.25, 0.3) is 0 Å². The number of nitrogens with zero attached hydrogens (tertiary/aromatic N) is 2. The van der Waals surface area contributed by atoms with Crippen molar-refractivity contribution in [2.24, 2.45) is 0 Å². The van der Waals surface area contributed by atoms with Gasteiger partial charge in [-0.3, -0.25) is 4.79 Å². The second kappa shape index (κ2) is 4.56. The Labute approximate surface area is 97.5 Å². The van der Waals surface area contributed by atoms with Gasteiger partial charge in [0.1, 0.15) is 0 Å². The number of nitrogens with one attached hydrogen (secondary N) is 1. The number of hydrogen-bond donors (Lipinski definition) is 2. The molecule has 1 fully saturated rings. The van der Waals surface area contributed by atoms with E-state index in [0.29, 0.717) is 24.7 Å². The summed E-state index contributed by atoms with van der Waals surface area (Å²) in [6, 6.07) is 0. The molecule has 1 aromatic heterocycles. The van der Waals surface area contributed by atoms with Crippen LogP contribution in [0.1, 0.15) is 6.42 Å². The van der Waals surface area contributed by atoms with E-state index in [0.717, 1.165) is 18.0 Å². The average Bonchev–Trinajstić information content (AvgIpc) is 2.49. The lowest BCUT2D eigenvalue weighted by atomic mass is 10.4. The first kappa shape index (κ1) is 11.0. The smallest absolute Gasteiger partial charge is 0.239 e. The minimum Gasteiger partial charge on any atom is -0.490 e. The summed E-state index contributed by atoms with van der Waals surface area (Å²) in [5.74, 6) is 0.971. The first-order valence-electron chi connectivity index (χ1n) is 5.03. The predicted molar refractivity (Wildman–Crippen MR) is 62.9 cm³/mol. The summed E-state index contributed by atoms with van der Waals surface area (Å²) in [5, 5.41) is 3.65. The van der Waals surface area contributed by atoms with Gasteiger partial charge in [-0.1, -0.05) is 0 Å². The van der Waals surface area contributed by atoms with Crippen LogP contribution in [0.15, 0.2) is 0 Å². The quantitative estimate of drug-likeness (QED) is 0.766. The van der Waals surface area contributed by atoms with E-state index < -0.39 is 0 Å². The zero-order valence-electron chi connectivity index (χ0n) is 9.02. The molecule has 1 aromatic rings. The number of carbonyl (C=O) groups is 1. The minimum atomic E-state index is 0.0199. The molecule has 0 unspecified atom stereocenters. The summed E-state index contributed by atoms with van der Waals surface area (Å²) in [6.45, 7) is 1.85. The molecule has 0 aliphatic carbocycles. The Morgan fingerprint density at radius 2 is 2.44 bits per heavy atom. The number of anilines is 2. The Kier molecular flexibility index (Phi) is 3.14. The zero-order valence-corrected chi connectivity index (χ0v) is 9.84. The molecule has 1 saturated heterocycles. The molecule has 2 heterocycles. The van der Waals surface area contributed by atoms with Crippen LogP contribution in [-0.2, 0) is 4.79 Å². The molecule has 1 aliphatic heterocycles. The molecule has 3 N–H and O–H groups in total. The van der Waals surface area contributed by atoms with E-state index in [9.17, 15) is 4.79 Å². The predicted octanol–water partition coefficient (Wildman–Crippen LogP) is 0.0602. The first-order chi connectivity index (χ1) is 7.72. The molecule has 0 spiro atoms. The van der Waals surface area contributed by atoms with E-state index in [2.05, 4.69) is 9.69 Å². The van der Waals surface area contributed by atoms with Crippen molar-refractivity contribution in [2.75, 3.05) is 37.4 Å². The fourth-order valence-electron chi connectivity index (χ4n) is 1.66. The summed E-state index contributed by atoms with van der Waals surface area (Å²) in [7, 11) is 1.56. The van der Waals surface area contributed by atoms with E-state index >= 15 is 0 Å². The van der Waals surface area contributed by atoms with E-state index in [1.54, 1.807) is 7.11 Å². The van der Waals surface area contributed by atoms with Crippen LogP contribution in [0.4, 0.5) is 10.8 Å². The molecule has 2 rings (SSSR count). The van der Waals surface area contributed by atoms with Gasteiger partial charge in [0, 0.05) is 13.1 Å². The van der Waals surface area contributed by atoms with E-state index in [1.165, 1.54) is 11.5 Å². The highest BCUT2D eigenvalue weighted by Gasteiger charge is 2.22. The molecule has 0 bridgehead atoms. The SMILES string of the molecule is COc1c(N)nsc1N1CCCNC(=O)C1. The van der Waals surface area contributed by atoms with Crippen LogP contribution in [0.2, 0.25) is 0 Å². The molecule has 0 radical (unpaired) electrons. The third kappa shape index (κ3) is 2.04. The molecule has 1 aliphatic rings. The summed E-state index contributed by atoms with van der Waals surface area (Å²) in [6.07, 6.45) is 0.909. The van der Waals surface area contributed by atoms with Crippen LogP contribution in [0.5, 0.6) is 5.75 Å². The summed E-state index contributed by atoms with van der Waals surface area (Å²) >= 11 is 1.26. The third-order valence-corrected chi connectivity index (χ3v) is 3.31. The van der Waals surface area contributed by atoms with Gasteiger partial charge in [-0.25, -0.2) is 0 Å². The van der Waals surface area contributed by atoms with Crippen molar-refractivity contribution >= 4 is 28.3 Å². The van der Waals surface area contributed by atoms with Gasteiger partial charge in [0.2, 0.25) is 5.91 Å². The minimum absolute atomic E-state index is 0.0199. The number of methoxy groups -OCH3 is 1. The normalized spacial score (nSPS) is 16.8. The lowest BCUT2D eigenvalue weighted by molar-refractivity contribution is -0.119. The largest absolute Gasteiger partial charge is 0.490 e. The van der Waals surface area contributed by atoms with E-state index in [1.807, 2.05) is 4.90 Å². The van der Waals surface area contributed by atoms with Gasteiger partial charge >= 0.3 is 0 Å². The van der Waals surface area contributed by atoms with E-state index in [-0.39, 0.29) is 5.91 Å². The Hall–Kier alpha value is -1.50. The van der Waals surface area contributed by atoms with Gasteiger partial charge in [-0.2, -0.15) is 4.37 Å². The highest BCUT2D eigenvalue weighted by Crippen LogP contribution is 2.37. The number of nitrogen functional groups attached to an aromatic ring is 1. The summed E-state index contributed by atoms with van der Waals surface area (Å²) in [4.78, 5) is 13.4. The third-order valence-electron chi connectivity index (χ3n) is 2.41. The standard InChI is InChI=1S/C9H14N4O2S/c1-15-7-8(10)12-16-9(7)13-4-2-3-11-6(14)5-13/h2-5H2,1H3,(H2,10,12)(H,11,14). The van der Waals surface area contributed by atoms with Gasteiger partial charge < -0.3 is 20.7 Å². The molecule has 0 saturated carbocycles. The number of hydrogen-bond acceptors (Lipinski definition) is 6. The Morgan fingerprint density at radius 3 is 3.19 bits per heavy atom. The van der Waals surface area contributed by atoms with Crippen LogP contribution in [-0.4, -0.2) is 37.0 Å². The second-order valence-electron chi connectivity index (χ2n) is 3.53. The van der Waals surface area contributed by atoms with Gasteiger partial charge in [-0.05, 0) is 18.0 Å². The molecule has 88 valence electrons. The second-order valence-corrected chi connectivity index (χ2v) is 4.28. The molecule has 0 aromatic carbocycles. The maximum Gasteiger partial charge on any atom is 0.239 e. The summed E-state index contributed by atoms with van der Waals surface area (Å²) < 4.78 is 9.23. The number of rotatable bonds is 2. The van der Waals surface area contributed by atoms with Crippen LogP contribution in [0.3, 0.4) is 0 Å². The van der Waals surface area contributed by atoms with Gasteiger partial charge in [-0.15, -0.1) is 0 Å². The number of nitrogens with two attached hydrogens (primary N) is 1. The molecular weight excluding hydrogens is 228 g/mol. The Balaban J connectivity index is 2.24. The average molecular weight is 242 g/mol. The Bertz CT molecular complexity index is 393. The molecular formula is C9H14N4O2S. The number of aromatic nitrogens is 1. The maximum absolute atomic E-state index is 11.4. The first-order valence-corrected chi connectivity index (χ1v) is 5.80. The highest BCUT2D eigenvalue weighted by atomic mass is 32.1. The lowest BCUT2D eigenvalue weighted by Gasteiger charge is -2.19. The van der Waals surface area contributed by atoms with Crippen molar-refractivity contribution < 1.29 is 9.53 Å². The molecule has 0 atom stereocenters. The van der Waals surface area contributed by atoms with Crippen molar-refractivity contribution in [2.45, 2.75) is 6.42 Å². The number of carbonyl (C=O) groups excluding carboxylic acids is 1.